The second kappa shape index (κ2) is 6.00. The normalized spacial score (nSPS) is 16.7. The fourth-order valence-electron chi connectivity index (χ4n) is 3.58. The van der Waals surface area contributed by atoms with Gasteiger partial charge in [-0.25, -0.2) is 0 Å². The molecule has 0 radical (unpaired) electrons. The maximum absolute atomic E-state index is 12.8. The number of carbonyl (C=O) groups excluding carboxylic acids is 1. The van der Waals surface area contributed by atoms with Crippen LogP contribution in [-0.2, 0) is 12.8 Å². The average Bonchev–Trinajstić information content (AvgIpc) is 3.06. The first-order valence-corrected chi connectivity index (χ1v) is 9.17. The number of likely N-dealkylation sites (tertiary alicyclic amines) is 1. The molecule has 0 bridgehead atoms. The van der Waals surface area contributed by atoms with Crippen LogP contribution in [0.5, 0.6) is 5.75 Å². The number of thiophene rings is 1. The Morgan fingerprint density at radius 1 is 1.09 bits per heavy atom. The molecule has 23 heavy (non-hydrogen) atoms. The van der Waals surface area contributed by atoms with Gasteiger partial charge in [0.15, 0.2) is 0 Å². The molecule has 120 valence electrons. The first-order valence-electron chi connectivity index (χ1n) is 8.35. The fraction of sp³-hybridized carbons (Fsp3) is 0.421. The van der Waals surface area contributed by atoms with E-state index in [4.69, 9.17) is 4.74 Å². The predicted molar refractivity (Wildman–Crippen MR) is 93.5 cm³/mol. The summed E-state index contributed by atoms with van der Waals surface area (Å²) in [6.07, 6.45) is 5.59. The maximum atomic E-state index is 12.8. The molecular weight excluding hydrogens is 306 g/mol. The number of amides is 1. The van der Waals surface area contributed by atoms with E-state index in [0.717, 1.165) is 49.4 Å². The number of fused-ring (bicyclic) bond motifs is 3. The third kappa shape index (κ3) is 2.65. The molecule has 1 aromatic carbocycles. The van der Waals surface area contributed by atoms with Gasteiger partial charge >= 0.3 is 0 Å². The maximum Gasteiger partial charge on any atom is 0.263 e. The van der Waals surface area contributed by atoms with E-state index in [1.54, 1.807) is 18.4 Å². The standard InChI is InChI=1S/C19H21NO2S/c1-22-15-8-7-13-5-6-14-11-17(23-18(14)16(13)12-15)19(21)20-9-3-2-4-10-20/h7-8,11-12H,2-6,9-10H2,1H3. The van der Waals surface area contributed by atoms with Crippen molar-refractivity contribution < 1.29 is 9.53 Å². The Balaban J connectivity index is 1.69. The van der Waals surface area contributed by atoms with Crippen LogP contribution in [0, 0.1) is 0 Å². The summed E-state index contributed by atoms with van der Waals surface area (Å²) in [4.78, 5) is 16.9. The van der Waals surface area contributed by atoms with Crippen molar-refractivity contribution in [2.24, 2.45) is 0 Å². The van der Waals surface area contributed by atoms with Crippen LogP contribution in [0.25, 0.3) is 10.4 Å². The van der Waals surface area contributed by atoms with Gasteiger partial charge in [0.25, 0.3) is 5.91 Å². The lowest BCUT2D eigenvalue weighted by Gasteiger charge is -2.26. The zero-order valence-electron chi connectivity index (χ0n) is 13.4. The van der Waals surface area contributed by atoms with Crippen molar-refractivity contribution in [1.29, 1.82) is 0 Å². The summed E-state index contributed by atoms with van der Waals surface area (Å²) >= 11 is 1.65. The van der Waals surface area contributed by atoms with Crippen molar-refractivity contribution in [2.45, 2.75) is 32.1 Å². The quantitative estimate of drug-likeness (QED) is 0.829. The largest absolute Gasteiger partial charge is 0.497 e. The highest BCUT2D eigenvalue weighted by atomic mass is 32.1. The molecule has 0 saturated carbocycles. The molecule has 0 atom stereocenters. The van der Waals surface area contributed by atoms with E-state index < -0.39 is 0 Å². The van der Waals surface area contributed by atoms with Gasteiger partial charge in [-0.2, -0.15) is 0 Å². The highest BCUT2D eigenvalue weighted by molar-refractivity contribution is 7.17. The highest BCUT2D eigenvalue weighted by Gasteiger charge is 2.25. The molecule has 1 aliphatic heterocycles. The fourth-order valence-corrected chi connectivity index (χ4v) is 4.81. The van der Waals surface area contributed by atoms with Gasteiger partial charge in [-0.05, 0) is 67.0 Å². The Morgan fingerprint density at radius 3 is 2.65 bits per heavy atom. The Bertz CT molecular complexity index is 744. The van der Waals surface area contributed by atoms with Crippen LogP contribution >= 0.6 is 11.3 Å². The first-order chi connectivity index (χ1) is 11.3. The van der Waals surface area contributed by atoms with Crippen LogP contribution in [-0.4, -0.2) is 31.0 Å². The van der Waals surface area contributed by atoms with Crippen LogP contribution in [0.15, 0.2) is 24.3 Å². The van der Waals surface area contributed by atoms with E-state index in [1.807, 2.05) is 11.0 Å². The first kappa shape index (κ1) is 14.8. The van der Waals surface area contributed by atoms with Crippen LogP contribution in [0.4, 0.5) is 0 Å². The topological polar surface area (TPSA) is 29.5 Å². The number of hydrogen-bond acceptors (Lipinski definition) is 3. The van der Waals surface area contributed by atoms with Gasteiger partial charge in [-0.15, -0.1) is 11.3 Å². The molecule has 1 aliphatic carbocycles. The van der Waals surface area contributed by atoms with Gasteiger partial charge in [0.2, 0.25) is 0 Å². The summed E-state index contributed by atoms with van der Waals surface area (Å²) in [6.45, 7) is 1.82. The minimum Gasteiger partial charge on any atom is -0.497 e. The van der Waals surface area contributed by atoms with Crippen molar-refractivity contribution in [3.63, 3.8) is 0 Å². The van der Waals surface area contributed by atoms with E-state index in [0.29, 0.717) is 0 Å². The monoisotopic (exact) mass is 327 g/mol. The third-order valence-corrected chi connectivity index (χ3v) is 6.09. The van der Waals surface area contributed by atoms with E-state index in [2.05, 4.69) is 18.2 Å². The molecule has 3 nitrogen and oxygen atoms in total. The molecule has 1 amide bonds. The smallest absolute Gasteiger partial charge is 0.263 e. The minimum absolute atomic E-state index is 0.216. The Labute approximate surface area is 140 Å². The molecule has 4 rings (SSSR count). The summed E-state index contributed by atoms with van der Waals surface area (Å²) in [5, 5.41) is 0. The highest BCUT2D eigenvalue weighted by Crippen LogP contribution is 2.41. The van der Waals surface area contributed by atoms with E-state index in [-0.39, 0.29) is 5.91 Å². The van der Waals surface area contributed by atoms with Crippen LogP contribution in [0.2, 0.25) is 0 Å². The lowest BCUT2D eigenvalue weighted by molar-refractivity contribution is 0.0729. The summed E-state index contributed by atoms with van der Waals surface area (Å²) in [5.41, 5.74) is 3.92. The van der Waals surface area contributed by atoms with Crippen molar-refractivity contribution in [1.82, 2.24) is 4.90 Å². The van der Waals surface area contributed by atoms with Gasteiger partial charge in [0.1, 0.15) is 5.75 Å². The number of hydrogen-bond donors (Lipinski definition) is 0. The molecule has 2 heterocycles. The Kier molecular flexibility index (Phi) is 3.85. The van der Waals surface area contributed by atoms with Gasteiger partial charge in [-0.3, -0.25) is 4.79 Å². The zero-order chi connectivity index (χ0) is 15.8. The predicted octanol–water partition coefficient (Wildman–Crippen LogP) is 4.15. The summed E-state index contributed by atoms with van der Waals surface area (Å²) < 4.78 is 5.37. The number of nitrogens with zero attached hydrogens (tertiary/aromatic N) is 1. The van der Waals surface area contributed by atoms with Crippen LogP contribution in [0.1, 0.15) is 40.1 Å². The minimum atomic E-state index is 0.216. The van der Waals surface area contributed by atoms with Crippen LogP contribution in [0.3, 0.4) is 0 Å². The lowest BCUT2D eigenvalue weighted by atomic mass is 9.91. The van der Waals surface area contributed by atoms with Gasteiger partial charge in [0, 0.05) is 18.0 Å². The van der Waals surface area contributed by atoms with Crippen molar-refractivity contribution in [2.75, 3.05) is 20.2 Å². The van der Waals surface area contributed by atoms with E-state index >= 15 is 0 Å². The number of benzene rings is 1. The molecule has 0 N–H and O–H groups in total. The van der Waals surface area contributed by atoms with Crippen molar-refractivity contribution in [3.8, 4) is 16.2 Å². The molecular formula is C19H21NO2S. The number of carbonyl (C=O) groups is 1. The second-order valence-corrected chi connectivity index (χ2v) is 7.39. The molecule has 0 unspecified atom stereocenters. The van der Waals surface area contributed by atoms with Gasteiger partial charge in [0.05, 0.1) is 12.0 Å². The zero-order valence-corrected chi connectivity index (χ0v) is 14.2. The number of ether oxygens (including phenoxy) is 1. The third-order valence-electron chi connectivity index (χ3n) is 4.89. The SMILES string of the molecule is COc1ccc2c(c1)-c1sc(C(=O)N3CCCCC3)cc1CC2. The summed E-state index contributed by atoms with van der Waals surface area (Å²) in [5.74, 6) is 1.10. The molecule has 1 fully saturated rings. The lowest BCUT2D eigenvalue weighted by Crippen LogP contribution is -2.35. The number of rotatable bonds is 2. The van der Waals surface area contributed by atoms with Crippen LogP contribution < -0.4 is 4.74 Å². The molecule has 2 aliphatic rings. The number of methoxy groups -OCH3 is 1. The Morgan fingerprint density at radius 2 is 1.87 bits per heavy atom. The molecule has 0 spiro atoms. The Hall–Kier alpha value is -1.81. The number of piperidine rings is 1. The van der Waals surface area contributed by atoms with Crippen molar-refractivity contribution >= 4 is 17.2 Å². The molecule has 1 aromatic heterocycles. The molecule has 4 heteroatoms. The van der Waals surface area contributed by atoms with Gasteiger partial charge < -0.3 is 9.64 Å². The average molecular weight is 327 g/mol. The molecule has 2 aromatic rings. The van der Waals surface area contributed by atoms with E-state index in [1.165, 1.54) is 28.0 Å². The summed E-state index contributed by atoms with van der Waals surface area (Å²) in [6, 6.07) is 8.42. The van der Waals surface area contributed by atoms with Gasteiger partial charge in [-0.1, -0.05) is 6.07 Å². The van der Waals surface area contributed by atoms with Crippen molar-refractivity contribution in [3.05, 3.63) is 40.3 Å². The van der Waals surface area contributed by atoms with E-state index in [9.17, 15) is 4.79 Å². The number of aryl methyl sites for hydroxylation is 2. The second-order valence-electron chi connectivity index (χ2n) is 6.34. The summed E-state index contributed by atoms with van der Waals surface area (Å²) in [7, 11) is 1.70. The molecule has 1 saturated heterocycles.